The van der Waals surface area contributed by atoms with Crippen molar-refractivity contribution in [2.24, 2.45) is 5.92 Å². The van der Waals surface area contributed by atoms with Gasteiger partial charge < -0.3 is 14.4 Å². The smallest absolute Gasteiger partial charge is 0.326 e. The predicted octanol–water partition coefficient (Wildman–Crippen LogP) is 2.66. The first-order chi connectivity index (χ1) is 9.93. The fourth-order valence-corrected chi connectivity index (χ4v) is 2.64. The van der Waals surface area contributed by atoms with Crippen molar-refractivity contribution in [2.45, 2.75) is 51.5 Å². The highest BCUT2D eigenvalue weighted by molar-refractivity contribution is 5.83. The Morgan fingerprint density at radius 1 is 1.48 bits per heavy atom. The van der Waals surface area contributed by atoms with Gasteiger partial charge in [-0.25, -0.2) is 4.79 Å². The molecule has 0 aliphatic heterocycles. The van der Waals surface area contributed by atoms with Crippen molar-refractivity contribution in [3.63, 3.8) is 0 Å². The summed E-state index contributed by atoms with van der Waals surface area (Å²) in [7, 11) is 1.55. The van der Waals surface area contributed by atoms with Gasteiger partial charge in [0.25, 0.3) is 0 Å². The molecular formula is C16H23NO4. The van der Waals surface area contributed by atoms with E-state index in [-0.39, 0.29) is 12.3 Å². The number of hydrogen-bond donors (Lipinski definition) is 1. The highest BCUT2D eigenvalue weighted by Gasteiger charge is 2.36. The Morgan fingerprint density at radius 3 is 2.67 bits per heavy atom. The summed E-state index contributed by atoms with van der Waals surface area (Å²) in [6.45, 7) is 3.96. The van der Waals surface area contributed by atoms with E-state index in [9.17, 15) is 9.59 Å². The summed E-state index contributed by atoms with van der Waals surface area (Å²) in [4.78, 5) is 24.4. The first kappa shape index (κ1) is 15.6. The second-order valence-electron chi connectivity index (χ2n) is 5.89. The summed E-state index contributed by atoms with van der Waals surface area (Å²) >= 11 is 0. The van der Waals surface area contributed by atoms with Gasteiger partial charge in [-0.2, -0.15) is 0 Å². The van der Waals surface area contributed by atoms with Crippen LogP contribution in [-0.4, -0.2) is 35.0 Å². The van der Waals surface area contributed by atoms with Crippen LogP contribution in [0.4, 0.5) is 0 Å². The van der Waals surface area contributed by atoms with Crippen molar-refractivity contribution in [1.82, 2.24) is 4.90 Å². The number of amides is 1. The van der Waals surface area contributed by atoms with Crippen molar-refractivity contribution >= 4 is 11.9 Å². The van der Waals surface area contributed by atoms with Gasteiger partial charge in [0, 0.05) is 25.8 Å². The molecule has 0 aromatic carbocycles. The summed E-state index contributed by atoms with van der Waals surface area (Å²) in [5.41, 5.74) is 0. The van der Waals surface area contributed by atoms with E-state index in [4.69, 9.17) is 9.52 Å². The highest BCUT2D eigenvalue weighted by Crippen LogP contribution is 2.47. The molecule has 3 unspecified atom stereocenters. The van der Waals surface area contributed by atoms with Crippen LogP contribution in [0.1, 0.15) is 50.5 Å². The summed E-state index contributed by atoms with van der Waals surface area (Å²) in [6, 6.07) is 3.16. The standard InChI is InChI=1S/C16H23NO4/c1-4-13(16(19)20)17(3)15(18)8-6-11-5-7-14(21-11)12-9-10(12)2/h5,7,10,12-13H,4,6,8-9H2,1-3H3,(H,19,20). The van der Waals surface area contributed by atoms with Crippen LogP contribution in [0, 0.1) is 5.92 Å². The van der Waals surface area contributed by atoms with Crippen LogP contribution >= 0.6 is 0 Å². The minimum atomic E-state index is -0.962. The minimum absolute atomic E-state index is 0.165. The van der Waals surface area contributed by atoms with Crippen LogP contribution in [0.15, 0.2) is 16.5 Å². The van der Waals surface area contributed by atoms with Gasteiger partial charge in [0.2, 0.25) is 5.91 Å². The van der Waals surface area contributed by atoms with E-state index < -0.39 is 12.0 Å². The Hall–Kier alpha value is -1.78. The fraction of sp³-hybridized carbons (Fsp3) is 0.625. The van der Waals surface area contributed by atoms with Gasteiger partial charge in [0.05, 0.1) is 0 Å². The summed E-state index contributed by atoms with van der Waals surface area (Å²) < 4.78 is 5.76. The molecule has 0 radical (unpaired) electrons. The summed E-state index contributed by atoms with van der Waals surface area (Å²) in [5.74, 6) is 1.91. The number of hydrogen-bond acceptors (Lipinski definition) is 3. The molecule has 1 fully saturated rings. The molecule has 1 heterocycles. The van der Waals surface area contributed by atoms with Crippen LogP contribution < -0.4 is 0 Å². The van der Waals surface area contributed by atoms with Gasteiger partial charge in [0.1, 0.15) is 17.6 Å². The third-order valence-corrected chi connectivity index (χ3v) is 4.28. The Labute approximate surface area is 124 Å². The number of aryl methyl sites for hydroxylation is 1. The van der Waals surface area contributed by atoms with Crippen molar-refractivity contribution in [3.05, 3.63) is 23.7 Å². The lowest BCUT2D eigenvalue weighted by molar-refractivity contribution is -0.149. The number of carboxylic acids is 1. The first-order valence-electron chi connectivity index (χ1n) is 7.51. The highest BCUT2D eigenvalue weighted by atomic mass is 16.4. The van der Waals surface area contributed by atoms with Gasteiger partial charge in [-0.15, -0.1) is 0 Å². The lowest BCUT2D eigenvalue weighted by atomic mass is 10.1. The normalized spacial score (nSPS) is 21.9. The number of rotatable bonds is 7. The Balaban J connectivity index is 1.85. The molecule has 0 bridgehead atoms. The molecule has 5 heteroatoms. The maximum Gasteiger partial charge on any atom is 0.326 e. The van der Waals surface area contributed by atoms with Gasteiger partial charge >= 0.3 is 5.97 Å². The average Bonchev–Trinajstić information content (AvgIpc) is 2.99. The minimum Gasteiger partial charge on any atom is -0.480 e. The number of aliphatic carboxylic acids is 1. The molecule has 1 N–H and O–H groups in total. The molecule has 0 spiro atoms. The molecule has 1 aliphatic carbocycles. The van der Waals surface area contributed by atoms with Gasteiger partial charge in [-0.3, -0.25) is 4.79 Å². The molecule has 1 aliphatic rings. The van der Waals surface area contributed by atoms with E-state index in [1.807, 2.05) is 12.1 Å². The molecule has 1 aromatic rings. The Bertz CT molecular complexity index is 522. The van der Waals surface area contributed by atoms with Crippen LogP contribution in [0.5, 0.6) is 0 Å². The molecular weight excluding hydrogens is 270 g/mol. The van der Waals surface area contributed by atoms with E-state index in [2.05, 4.69) is 6.92 Å². The van der Waals surface area contributed by atoms with Gasteiger partial charge in [-0.1, -0.05) is 13.8 Å². The number of carbonyl (C=O) groups excluding carboxylic acids is 1. The molecule has 21 heavy (non-hydrogen) atoms. The lowest BCUT2D eigenvalue weighted by Gasteiger charge is -2.23. The van der Waals surface area contributed by atoms with Gasteiger partial charge in [-0.05, 0) is 30.9 Å². The van der Waals surface area contributed by atoms with Crippen molar-refractivity contribution in [2.75, 3.05) is 7.05 Å². The zero-order chi connectivity index (χ0) is 15.6. The SMILES string of the molecule is CCC(C(=O)O)N(C)C(=O)CCc1ccc(C2CC2C)o1. The number of carbonyl (C=O) groups is 2. The zero-order valence-corrected chi connectivity index (χ0v) is 12.8. The van der Waals surface area contributed by atoms with Crippen LogP contribution in [0.3, 0.4) is 0 Å². The van der Waals surface area contributed by atoms with Gasteiger partial charge in [0.15, 0.2) is 0 Å². The predicted molar refractivity (Wildman–Crippen MR) is 78.0 cm³/mol. The molecule has 3 atom stereocenters. The van der Waals surface area contributed by atoms with Crippen LogP contribution in [0.25, 0.3) is 0 Å². The van der Waals surface area contributed by atoms with Crippen LogP contribution in [-0.2, 0) is 16.0 Å². The van der Waals surface area contributed by atoms with Crippen LogP contribution in [0.2, 0.25) is 0 Å². The fourth-order valence-electron chi connectivity index (χ4n) is 2.64. The van der Waals surface area contributed by atoms with E-state index in [0.717, 1.165) is 11.5 Å². The quantitative estimate of drug-likeness (QED) is 0.839. The largest absolute Gasteiger partial charge is 0.480 e. The number of likely N-dealkylation sites (N-methyl/N-ethyl adjacent to an activating group) is 1. The van der Waals surface area contributed by atoms with Crippen molar-refractivity contribution in [1.29, 1.82) is 0 Å². The number of furan rings is 1. The molecule has 5 nitrogen and oxygen atoms in total. The number of nitrogens with zero attached hydrogens (tertiary/aromatic N) is 1. The zero-order valence-electron chi connectivity index (χ0n) is 12.8. The number of carboxylic acid groups (broad SMARTS) is 1. The monoisotopic (exact) mass is 293 g/mol. The summed E-state index contributed by atoms with van der Waals surface area (Å²) in [6.07, 6.45) is 2.36. The van der Waals surface area contributed by atoms with E-state index in [1.165, 1.54) is 11.3 Å². The second kappa shape index (κ2) is 6.33. The third kappa shape index (κ3) is 3.65. The lowest BCUT2D eigenvalue weighted by Crippen LogP contribution is -2.42. The molecule has 1 saturated carbocycles. The first-order valence-corrected chi connectivity index (χ1v) is 7.51. The van der Waals surface area contributed by atoms with E-state index in [0.29, 0.717) is 24.7 Å². The van der Waals surface area contributed by atoms with E-state index >= 15 is 0 Å². The summed E-state index contributed by atoms with van der Waals surface area (Å²) in [5, 5.41) is 9.06. The van der Waals surface area contributed by atoms with Crippen molar-refractivity contribution < 1.29 is 19.1 Å². The average molecular weight is 293 g/mol. The molecule has 0 saturated heterocycles. The third-order valence-electron chi connectivity index (χ3n) is 4.28. The maximum atomic E-state index is 12.0. The van der Waals surface area contributed by atoms with Crippen molar-refractivity contribution in [3.8, 4) is 0 Å². The molecule has 1 amide bonds. The Morgan fingerprint density at radius 2 is 2.14 bits per heavy atom. The molecule has 2 rings (SSSR count). The topological polar surface area (TPSA) is 70.8 Å². The van der Waals surface area contributed by atoms with E-state index in [1.54, 1.807) is 14.0 Å². The molecule has 1 aromatic heterocycles. The maximum absolute atomic E-state index is 12.0. The molecule has 116 valence electrons. The Kier molecular flexibility index (Phi) is 4.70. The second-order valence-corrected chi connectivity index (χ2v) is 5.89.